The Balaban J connectivity index is 1.70. The number of ether oxygens (including phenoxy) is 2. The second kappa shape index (κ2) is 8.52. The molecule has 0 unspecified atom stereocenters. The molecule has 2 N–H and O–H groups in total. The van der Waals surface area contributed by atoms with Crippen molar-refractivity contribution in [2.75, 3.05) is 7.11 Å². The van der Waals surface area contributed by atoms with Crippen LogP contribution in [-0.2, 0) is 11.8 Å². The van der Waals surface area contributed by atoms with Crippen molar-refractivity contribution in [3.05, 3.63) is 92.4 Å². The van der Waals surface area contributed by atoms with Crippen molar-refractivity contribution >= 4 is 27.8 Å². The Bertz CT molecular complexity index is 1900. The first-order valence-electron chi connectivity index (χ1n) is 11.8. The smallest absolute Gasteiger partial charge is 0.312 e. The number of aryl methyl sites for hydroxylation is 1. The number of methoxy groups -OCH3 is 1. The maximum atomic E-state index is 13.6. The Hall–Kier alpha value is -5.05. The monoisotopic (exact) mass is 511 g/mol. The number of phenolic OH excluding ortho intramolecular Hbond substituents is 2. The first kappa shape index (κ1) is 23.4. The van der Waals surface area contributed by atoms with Gasteiger partial charge in [0.2, 0.25) is 5.75 Å². The highest BCUT2D eigenvalue weighted by Crippen LogP contribution is 2.51. The molecule has 6 rings (SSSR count). The van der Waals surface area contributed by atoms with E-state index in [0.717, 1.165) is 0 Å². The summed E-state index contributed by atoms with van der Waals surface area (Å²) in [5, 5.41) is 21.9. The number of phenols is 2. The van der Waals surface area contributed by atoms with Crippen molar-refractivity contribution < 1.29 is 28.9 Å². The zero-order valence-electron chi connectivity index (χ0n) is 20.3. The minimum Gasteiger partial charge on any atom is -0.504 e. The van der Waals surface area contributed by atoms with Gasteiger partial charge in [0, 0.05) is 36.2 Å². The normalized spacial score (nSPS) is 14.9. The summed E-state index contributed by atoms with van der Waals surface area (Å²) in [5.74, 6) is -2.74. The Labute approximate surface area is 214 Å². The average molecular weight is 511 g/mol. The summed E-state index contributed by atoms with van der Waals surface area (Å²) in [5.41, 5.74) is 0.530. The summed E-state index contributed by atoms with van der Waals surface area (Å²) >= 11 is 0. The van der Waals surface area contributed by atoms with Crippen molar-refractivity contribution in [2.45, 2.75) is 12.3 Å². The van der Waals surface area contributed by atoms with Gasteiger partial charge in [0.1, 0.15) is 22.5 Å². The predicted molar refractivity (Wildman–Crippen MR) is 139 cm³/mol. The number of fused-ring (bicyclic) bond motifs is 4. The van der Waals surface area contributed by atoms with Gasteiger partial charge in [-0.2, -0.15) is 0 Å². The molecule has 3 aromatic carbocycles. The average Bonchev–Trinajstić information content (AvgIpc) is 2.93. The van der Waals surface area contributed by atoms with Crippen molar-refractivity contribution in [1.29, 1.82) is 0 Å². The Morgan fingerprint density at radius 3 is 2.47 bits per heavy atom. The standard InChI is InChI=1S/C29H21NO8/c1-30-19-11-16(36-2)9-8-15(19)10-18(29(30)35)17-12-22(32)38-28-23(17)27-24(25(33)26(28)34)20(31)13-21(37-27)14-6-4-3-5-7-14/h3-11,13,17,33-34H,12H2,1-2H3/t17-/m0/s1. The van der Waals surface area contributed by atoms with Crippen LogP contribution in [0.1, 0.15) is 23.5 Å². The number of hydrogen-bond donors (Lipinski definition) is 2. The van der Waals surface area contributed by atoms with Gasteiger partial charge in [-0.3, -0.25) is 14.4 Å². The highest BCUT2D eigenvalue weighted by Gasteiger charge is 2.38. The minimum absolute atomic E-state index is 0.0731. The van der Waals surface area contributed by atoms with E-state index in [4.69, 9.17) is 13.9 Å². The number of rotatable bonds is 3. The van der Waals surface area contributed by atoms with Crippen LogP contribution < -0.4 is 20.5 Å². The second-order valence-corrected chi connectivity index (χ2v) is 9.10. The van der Waals surface area contributed by atoms with Crippen molar-refractivity contribution in [3.63, 3.8) is 0 Å². The summed E-state index contributed by atoms with van der Waals surface area (Å²) in [4.78, 5) is 39.5. The van der Waals surface area contributed by atoms with Crippen molar-refractivity contribution in [3.8, 4) is 34.3 Å². The largest absolute Gasteiger partial charge is 0.504 e. The fourth-order valence-corrected chi connectivity index (χ4v) is 5.06. The summed E-state index contributed by atoms with van der Waals surface area (Å²) in [6.45, 7) is 0. The molecule has 1 aliphatic heterocycles. The van der Waals surface area contributed by atoms with Gasteiger partial charge in [-0.25, -0.2) is 0 Å². The molecule has 5 aromatic rings. The molecule has 0 bridgehead atoms. The van der Waals surface area contributed by atoms with E-state index >= 15 is 0 Å². The van der Waals surface area contributed by atoms with Crippen molar-refractivity contribution in [1.82, 2.24) is 4.57 Å². The maximum Gasteiger partial charge on any atom is 0.312 e. The molecular formula is C29H21NO8. The third kappa shape index (κ3) is 3.43. The van der Waals surface area contributed by atoms with E-state index in [9.17, 15) is 24.6 Å². The fraction of sp³-hybridized carbons (Fsp3) is 0.138. The second-order valence-electron chi connectivity index (χ2n) is 9.10. The molecule has 2 aromatic heterocycles. The molecule has 0 fully saturated rings. The van der Waals surface area contributed by atoms with Gasteiger partial charge in [0.25, 0.3) is 5.56 Å². The van der Waals surface area contributed by atoms with Gasteiger partial charge in [0.15, 0.2) is 16.9 Å². The van der Waals surface area contributed by atoms with Gasteiger partial charge in [-0.05, 0) is 23.6 Å². The van der Waals surface area contributed by atoms with Crippen LogP contribution in [0.5, 0.6) is 23.0 Å². The number of carbonyl (C=O) groups is 1. The van der Waals surface area contributed by atoms with Crippen LogP contribution in [0.3, 0.4) is 0 Å². The van der Waals surface area contributed by atoms with E-state index in [2.05, 4.69) is 0 Å². The highest BCUT2D eigenvalue weighted by molar-refractivity contribution is 5.96. The lowest BCUT2D eigenvalue weighted by Crippen LogP contribution is -2.29. The molecule has 190 valence electrons. The lowest BCUT2D eigenvalue weighted by atomic mass is 9.84. The zero-order chi connectivity index (χ0) is 26.7. The molecule has 9 nitrogen and oxygen atoms in total. The molecule has 0 saturated carbocycles. The SMILES string of the molecule is COc1ccc2cc([C@@H]3CC(=O)Oc4c(O)c(O)c5c(=O)cc(-c6ccccc6)oc5c43)c(=O)n(C)c2c1. The molecule has 38 heavy (non-hydrogen) atoms. The highest BCUT2D eigenvalue weighted by atomic mass is 16.5. The summed E-state index contributed by atoms with van der Waals surface area (Å²) in [6.07, 6.45) is -0.248. The number of pyridine rings is 1. The maximum absolute atomic E-state index is 13.6. The fourth-order valence-electron chi connectivity index (χ4n) is 5.06. The zero-order valence-corrected chi connectivity index (χ0v) is 20.3. The van der Waals surface area contributed by atoms with E-state index in [1.165, 1.54) is 17.7 Å². The van der Waals surface area contributed by atoms with Crippen molar-refractivity contribution in [2.24, 2.45) is 7.05 Å². The van der Waals surface area contributed by atoms with Crippen LogP contribution in [0.4, 0.5) is 0 Å². The van der Waals surface area contributed by atoms with E-state index in [1.54, 1.807) is 55.6 Å². The number of nitrogens with zero attached hydrogens (tertiary/aromatic N) is 1. The van der Waals surface area contributed by atoms with Gasteiger partial charge in [0.05, 0.1) is 24.6 Å². The number of esters is 1. The molecule has 9 heteroatoms. The van der Waals surface area contributed by atoms with Crippen LogP contribution in [0.15, 0.2) is 74.7 Å². The van der Waals surface area contributed by atoms with Gasteiger partial charge >= 0.3 is 5.97 Å². The van der Waals surface area contributed by atoms with Crippen LogP contribution in [0, 0.1) is 0 Å². The third-order valence-corrected chi connectivity index (χ3v) is 6.94. The Morgan fingerprint density at radius 1 is 0.974 bits per heavy atom. The van der Waals surface area contributed by atoms with E-state index in [-0.39, 0.29) is 40.0 Å². The first-order chi connectivity index (χ1) is 18.3. The summed E-state index contributed by atoms with van der Waals surface area (Å²) in [7, 11) is 3.14. The molecule has 0 aliphatic carbocycles. The van der Waals surface area contributed by atoms with Gasteiger partial charge in [-0.1, -0.05) is 30.3 Å². The molecule has 0 spiro atoms. The van der Waals surface area contributed by atoms with Crippen LogP contribution >= 0.6 is 0 Å². The number of aromatic hydroxyl groups is 2. The van der Waals surface area contributed by atoms with Gasteiger partial charge < -0.3 is 28.7 Å². The summed E-state index contributed by atoms with van der Waals surface area (Å²) in [6, 6.07) is 17.0. The number of aromatic nitrogens is 1. The van der Waals surface area contributed by atoms with Crippen LogP contribution in [0.2, 0.25) is 0 Å². The molecular weight excluding hydrogens is 490 g/mol. The number of carbonyl (C=O) groups excluding carboxylic acids is 1. The Morgan fingerprint density at radius 2 is 1.74 bits per heavy atom. The molecule has 1 aliphatic rings. The third-order valence-electron chi connectivity index (χ3n) is 6.94. The first-order valence-corrected chi connectivity index (χ1v) is 11.8. The lowest BCUT2D eigenvalue weighted by molar-refractivity contribution is -0.135. The van der Waals surface area contributed by atoms with E-state index in [1.807, 2.05) is 6.07 Å². The van der Waals surface area contributed by atoms with Crippen LogP contribution in [-0.4, -0.2) is 27.9 Å². The Kier molecular flexibility index (Phi) is 5.23. The molecule has 0 saturated heterocycles. The summed E-state index contributed by atoms with van der Waals surface area (Å²) < 4.78 is 18.2. The minimum atomic E-state index is -0.931. The topological polar surface area (TPSA) is 128 Å². The van der Waals surface area contributed by atoms with E-state index in [0.29, 0.717) is 22.2 Å². The molecule has 3 heterocycles. The number of hydrogen-bond acceptors (Lipinski definition) is 8. The number of benzene rings is 3. The van der Waals surface area contributed by atoms with E-state index < -0.39 is 34.4 Å². The predicted octanol–water partition coefficient (Wildman–Crippen LogP) is 4.17. The lowest BCUT2D eigenvalue weighted by Gasteiger charge is -2.27. The van der Waals surface area contributed by atoms with Gasteiger partial charge in [-0.15, -0.1) is 0 Å². The van der Waals surface area contributed by atoms with Crippen LogP contribution in [0.25, 0.3) is 33.2 Å². The molecule has 0 radical (unpaired) electrons. The quantitative estimate of drug-likeness (QED) is 0.210. The molecule has 1 atom stereocenters. The molecule has 0 amide bonds.